The number of primary amides is 1. The normalized spacial score (nSPS) is 14.6. The smallest absolute Gasteiger partial charge is 0.273 e. The van der Waals surface area contributed by atoms with E-state index in [0.717, 1.165) is 54.8 Å². The molecule has 1 fully saturated rings. The van der Waals surface area contributed by atoms with E-state index in [9.17, 15) is 19.5 Å². The lowest BCUT2D eigenvalue weighted by molar-refractivity contribution is -0.123. The molecule has 0 spiro atoms. The van der Waals surface area contributed by atoms with Gasteiger partial charge in [0.05, 0.1) is 5.69 Å². The quantitative estimate of drug-likeness (QED) is 0.369. The predicted molar refractivity (Wildman–Crippen MR) is 144 cm³/mol. The summed E-state index contributed by atoms with van der Waals surface area (Å²) in [5.41, 5.74) is 14.0. The number of phenolic OH excluding ortho intramolecular Hbond substituents is 1. The average Bonchev–Trinajstić information content (AvgIpc) is 3.25. The lowest BCUT2D eigenvalue weighted by Gasteiger charge is -2.34. The molecule has 1 atom stereocenters. The van der Waals surface area contributed by atoms with E-state index < -0.39 is 17.9 Å². The molecule has 0 aliphatic heterocycles. The maximum absolute atomic E-state index is 14.2. The highest BCUT2D eigenvalue weighted by Crippen LogP contribution is 2.36. The van der Waals surface area contributed by atoms with Crippen molar-refractivity contribution in [1.82, 2.24) is 9.69 Å². The number of rotatable bonds is 7. The molecule has 0 unspecified atom stereocenters. The number of nitrogens with zero attached hydrogens (tertiary/aromatic N) is 2. The van der Waals surface area contributed by atoms with E-state index in [4.69, 9.17) is 11.5 Å². The molecule has 3 aromatic rings. The van der Waals surface area contributed by atoms with Crippen LogP contribution in [-0.2, 0) is 4.79 Å². The first-order chi connectivity index (χ1) is 17.7. The van der Waals surface area contributed by atoms with Gasteiger partial charge in [-0.3, -0.25) is 19.3 Å². The first-order valence-corrected chi connectivity index (χ1v) is 13.0. The Labute approximate surface area is 219 Å². The predicted octanol–water partition coefficient (Wildman–Crippen LogP) is 3.98. The number of anilines is 2. The third-order valence-electron chi connectivity index (χ3n) is 6.65. The molecule has 0 bridgehead atoms. The van der Waals surface area contributed by atoms with Crippen LogP contribution in [0.15, 0.2) is 42.5 Å². The summed E-state index contributed by atoms with van der Waals surface area (Å²) in [4.78, 5) is 41.3. The molecule has 0 saturated heterocycles. The summed E-state index contributed by atoms with van der Waals surface area (Å²) in [5.74, 6) is -1.72. The number of nitrogens with two attached hydrogens (primary N) is 2. The molecule has 1 aromatic heterocycles. The van der Waals surface area contributed by atoms with E-state index in [1.54, 1.807) is 18.2 Å². The molecule has 6 N–H and O–H groups in total. The first-order valence-electron chi connectivity index (χ1n) is 12.2. The Morgan fingerprint density at radius 1 is 1.08 bits per heavy atom. The number of aryl methyl sites for hydroxylation is 2. The summed E-state index contributed by atoms with van der Waals surface area (Å²) >= 11 is 0.768. The fourth-order valence-electron chi connectivity index (χ4n) is 4.78. The standard InChI is InChI=1S/C27H31N5O4S/c1-15-8-13-20(16(2)14-15)32(27(36)24-21(28)22(25(29)34)31-37-24)23(17-9-11-19(33)12-10-17)26(35)30-18-6-4-3-5-7-18/h8-14,18,23,33H,3-7,28H2,1-2H3,(H2,29,34)(H,30,35)/t23-/m1/s1. The molecule has 10 heteroatoms. The van der Waals surface area contributed by atoms with E-state index >= 15 is 0 Å². The van der Waals surface area contributed by atoms with Crippen molar-refractivity contribution in [2.75, 3.05) is 10.6 Å². The van der Waals surface area contributed by atoms with Crippen LogP contribution in [0.2, 0.25) is 0 Å². The molecule has 3 amide bonds. The fourth-order valence-corrected chi connectivity index (χ4v) is 5.52. The number of aromatic nitrogens is 1. The maximum Gasteiger partial charge on any atom is 0.273 e. The molecule has 0 radical (unpaired) electrons. The van der Waals surface area contributed by atoms with E-state index in [0.29, 0.717) is 11.3 Å². The Morgan fingerprint density at radius 3 is 2.35 bits per heavy atom. The summed E-state index contributed by atoms with van der Waals surface area (Å²) in [6, 6.07) is 10.7. The van der Waals surface area contributed by atoms with Gasteiger partial charge in [0.25, 0.3) is 11.8 Å². The monoisotopic (exact) mass is 521 g/mol. The third-order valence-corrected chi connectivity index (χ3v) is 7.50. The number of nitrogen functional groups attached to an aromatic ring is 1. The third kappa shape index (κ3) is 5.59. The van der Waals surface area contributed by atoms with Crippen LogP contribution in [0.5, 0.6) is 5.75 Å². The van der Waals surface area contributed by atoms with Crippen LogP contribution in [-0.4, -0.2) is 33.2 Å². The number of carbonyl (C=O) groups excluding carboxylic acids is 3. The molecule has 2 aromatic carbocycles. The zero-order valence-corrected chi connectivity index (χ0v) is 21.7. The van der Waals surface area contributed by atoms with Crippen molar-refractivity contribution in [3.8, 4) is 5.75 Å². The first kappa shape index (κ1) is 26.2. The number of hydrogen-bond acceptors (Lipinski definition) is 7. The summed E-state index contributed by atoms with van der Waals surface area (Å²) in [6.45, 7) is 3.80. The highest BCUT2D eigenvalue weighted by Gasteiger charge is 2.37. The summed E-state index contributed by atoms with van der Waals surface area (Å²) in [5, 5.41) is 13.0. The van der Waals surface area contributed by atoms with Crippen LogP contribution in [0.25, 0.3) is 0 Å². The maximum atomic E-state index is 14.2. The molecule has 9 nitrogen and oxygen atoms in total. The van der Waals surface area contributed by atoms with Gasteiger partial charge in [-0.25, -0.2) is 0 Å². The molecule has 1 aliphatic carbocycles. The molecular formula is C27H31N5O4S. The van der Waals surface area contributed by atoms with Crippen LogP contribution < -0.4 is 21.7 Å². The molecular weight excluding hydrogens is 490 g/mol. The van der Waals surface area contributed by atoms with Gasteiger partial charge in [-0.05, 0) is 67.5 Å². The van der Waals surface area contributed by atoms with Crippen LogP contribution in [0.3, 0.4) is 0 Å². The minimum atomic E-state index is -1.07. The van der Waals surface area contributed by atoms with Crippen molar-refractivity contribution >= 4 is 40.6 Å². The van der Waals surface area contributed by atoms with Gasteiger partial charge in [-0.2, -0.15) is 4.37 Å². The Kier molecular flexibility index (Phi) is 7.77. The number of amides is 3. The molecule has 1 saturated carbocycles. The molecule has 37 heavy (non-hydrogen) atoms. The minimum Gasteiger partial charge on any atom is -0.508 e. The van der Waals surface area contributed by atoms with Gasteiger partial charge in [0.2, 0.25) is 5.91 Å². The molecule has 194 valence electrons. The van der Waals surface area contributed by atoms with Crippen LogP contribution >= 0.6 is 11.5 Å². The van der Waals surface area contributed by atoms with Gasteiger partial charge in [0.1, 0.15) is 16.7 Å². The topological polar surface area (TPSA) is 152 Å². The minimum absolute atomic E-state index is 0.00636. The fraction of sp³-hybridized carbons (Fsp3) is 0.333. The van der Waals surface area contributed by atoms with E-state index in [1.807, 2.05) is 26.0 Å². The van der Waals surface area contributed by atoms with Crippen molar-refractivity contribution in [3.05, 3.63) is 69.7 Å². The van der Waals surface area contributed by atoms with E-state index in [1.165, 1.54) is 17.0 Å². The average molecular weight is 522 g/mol. The van der Waals surface area contributed by atoms with Crippen LogP contribution in [0, 0.1) is 13.8 Å². The molecule has 1 aliphatic rings. The number of hydrogen-bond donors (Lipinski definition) is 4. The highest BCUT2D eigenvalue weighted by molar-refractivity contribution is 7.09. The van der Waals surface area contributed by atoms with Crippen molar-refractivity contribution in [3.63, 3.8) is 0 Å². The SMILES string of the molecule is Cc1ccc(N(C(=O)c2snc(C(N)=O)c2N)[C@@H](C(=O)NC2CCCCC2)c2ccc(O)cc2)c(C)c1. The van der Waals surface area contributed by atoms with Gasteiger partial charge >= 0.3 is 0 Å². The second-order valence-electron chi connectivity index (χ2n) is 9.44. The summed E-state index contributed by atoms with van der Waals surface area (Å²) < 4.78 is 3.99. The number of benzene rings is 2. The Bertz CT molecular complexity index is 1310. The Hall–Kier alpha value is -3.92. The van der Waals surface area contributed by atoms with Gasteiger partial charge < -0.3 is 21.9 Å². The van der Waals surface area contributed by atoms with Crippen molar-refractivity contribution < 1.29 is 19.5 Å². The van der Waals surface area contributed by atoms with Crippen LogP contribution in [0.4, 0.5) is 11.4 Å². The van der Waals surface area contributed by atoms with Crippen LogP contribution in [0.1, 0.15) is 75.0 Å². The zero-order valence-electron chi connectivity index (χ0n) is 20.9. The molecule has 4 rings (SSSR count). The van der Waals surface area contributed by atoms with Gasteiger partial charge in [0, 0.05) is 11.7 Å². The van der Waals surface area contributed by atoms with Crippen molar-refractivity contribution in [1.29, 1.82) is 0 Å². The number of nitrogens with one attached hydrogen (secondary N) is 1. The van der Waals surface area contributed by atoms with E-state index in [2.05, 4.69) is 9.69 Å². The highest BCUT2D eigenvalue weighted by atomic mass is 32.1. The van der Waals surface area contributed by atoms with Crippen molar-refractivity contribution in [2.24, 2.45) is 5.73 Å². The largest absolute Gasteiger partial charge is 0.508 e. The molecule has 1 heterocycles. The van der Waals surface area contributed by atoms with Gasteiger partial charge in [-0.15, -0.1) is 0 Å². The Morgan fingerprint density at radius 2 is 1.76 bits per heavy atom. The number of phenols is 1. The second-order valence-corrected chi connectivity index (χ2v) is 10.2. The Balaban J connectivity index is 1.87. The van der Waals surface area contributed by atoms with E-state index in [-0.39, 0.29) is 34.0 Å². The van der Waals surface area contributed by atoms with Crippen molar-refractivity contribution in [2.45, 2.75) is 58.0 Å². The summed E-state index contributed by atoms with van der Waals surface area (Å²) in [7, 11) is 0. The lowest BCUT2D eigenvalue weighted by Crippen LogP contribution is -2.47. The van der Waals surface area contributed by atoms with Gasteiger partial charge in [-0.1, -0.05) is 49.1 Å². The summed E-state index contributed by atoms with van der Waals surface area (Å²) in [6.07, 6.45) is 4.93. The second kappa shape index (κ2) is 11.0. The number of aromatic hydroxyl groups is 1. The lowest BCUT2D eigenvalue weighted by atomic mass is 9.94. The van der Waals surface area contributed by atoms with Gasteiger partial charge in [0.15, 0.2) is 5.69 Å². The zero-order chi connectivity index (χ0) is 26.7. The number of carbonyl (C=O) groups is 3.